The minimum Gasteiger partial charge on any atom is -0.399 e. The number of nitrogens with zero attached hydrogens (tertiary/aromatic N) is 4. The summed E-state index contributed by atoms with van der Waals surface area (Å²) in [6.07, 6.45) is 1.45. The van der Waals surface area contributed by atoms with Crippen molar-refractivity contribution in [1.82, 2.24) is 14.8 Å². The maximum absolute atomic E-state index is 13.6. The van der Waals surface area contributed by atoms with Crippen LogP contribution in [0.15, 0.2) is 48.8 Å². The molecule has 0 radical (unpaired) electrons. The molecule has 0 unspecified atom stereocenters. The van der Waals surface area contributed by atoms with Crippen molar-refractivity contribution < 1.29 is 4.39 Å². The Bertz CT molecular complexity index is 830. The molecule has 1 heterocycles. The van der Waals surface area contributed by atoms with Crippen molar-refractivity contribution in [1.29, 1.82) is 5.26 Å². The van der Waals surface area contributed by atoms with E-state index in [1.807, 2.05) is 6.07 Å². The van der Waals surface area contributed by atoms with Crippen molar-refractivity contribution in [3.05, 3.63) is 60.2 Å². The number of rotatable bonds is 2. The van der Waals surface area contributed by atoms with Crippen LogP contribution in [0.4, 0.5) is 10.1 Å². The summed E-state index contributed by atoms with van der Waals surface area (Å²) in [4.78, 5) is 4.18. The molecule has 21 heavy (non-hydrogen) atoms. The predicted octanol–water partition coefficient (Wildman–Crippen LogP) is 2.53. The van der Waals surface area contributed by atoms with Gasteiger partial charge in [0.2, 0.25) is 0 Å². The van der Waals surface area contributed by atoms with Crippen LogP contribution < -0.4 is 5.73 Å². The fourth-order valence-electron chi connectivity index (χ4n) is 1.96. The van der Waals surface area contributed by atoms with E-state index < -0.39 is 5.82 Å². The number of aromatic nitrogens is 3. The lowest BCUT2D eigenvalue weighted by Crippen LogP contribution is -2.00. The van der Waals surface area contributed by atoms with Gasteiger partial charge in [0.25, 0.3) is 0 Å². The molecule has 0 saturated heterocycles. The highest BCUT2D eigenvalue weighted by atomic mass is 19.1. The molecule has 2 aromatic carbocycles. The lowest BCUT2D eigenvalue weighted by molar-refractivity contribution is 0.621. The molecule has 5 nitrogen and oxygen atoms in total. The predicted molar refractivity (Wildman–Crippen MR) is 75.9 cm³/mol. The summed E-state index contributed by atoms with van der Waals surface area (Å²) in [7, 11) is 0. The van der Waals surface area contributed by atoms with Gasteiger partial charge >= 0.3 is 0 Å². The van der Waals surface area contributed by atoms with E-state index in [4.69, 9.17) is 11.0 Å². The van der Waals surface area contributed by atoms with Gasteiger partial charge in [-0.3, -0.25) is 0 Å². The Hall–Kier alpha value is -3.20. The number of nitriles is 1. The number of hydrogen-bond donors (Lipinski definition) is 1. The first kappa shape index (κ1) is 12.8. The van der Waals surface area contributed by atoms with E-state index in [0.29, 0.717) is 17.2 Å². The number of nitrogens with two attached hydrogens (primary N) is 1. The Labute approximate surface area is 120 Å². The second-order valence-electron chi connectivity index (χ2n) is 4.38. The van der Waals surface area contributed by atoms with Crippen LogP contribution in [-0.4, -0.2) is 14.8 Å². The van der Waals surface area contributed by atoms with Gasteiger partial charge in [0.1, 0.15) is 23.8 Å². The van der Waals surface area contributed by atoms with Crippen LogP contribution in [0, 0.1) is 17.1 Å². The van der Waals surface area contributed by atoms with Crippen LogP contribution in [0.1, 0.15) is 5.56 Å². The van der Waals surface area contributed by atoms with Crippen molar-refractivity contribution >= 4 is 5.69 Å². The summed E-state index contributed by atoms with van der Waals surface area (Å²) in [5, 5.41) is 13.3. The Morgan fingerprint density at radius 3 is 2.62 bits per heavy atom. The molecule has 3 aromatic rings. The molecule has 0 saturated carbocycles. The van der Waals surface area contributed by atoms with E-state index in [9.17, 15) is 4.39 Å². The van der Waals surface area contributed by atoms with E-state index in [1.54, 1.807) is 30.3 Å². The molecule has 0 amide bonds. The second-order valence-corrected chi connectivity index (χ2v) is 4.38. The molecule has 0 spiro atoms. The summed E-state index contributed by atoms with van der Waals surface area (Å²) in [6.45, 7) is 0. The number of nitrogen functional groups attached to an aromatic ring is 1. The molecule has 6 heteroatoms. The third-order valence-corrected chi connectivity index (χ3v) is 3.01. The molecular weight excluding hydrogens is 269 g/mol. The van der Waals surface area contributed by atoms with Crippen LogP contribution in [0.5, 0.6) is 0 Å². The third kappa shape index (κ3) is 2.32. The van der Waals surface area contributed by atoms with Crippen LogP contribution in [0.25, 0.3) is 17.1 Å². The van der Waals surface area contributed by atoms with E-state index in [2.05, 4.69) is 10.1 Å². The zero-order chi connectivity index (χ0) is 14.8. The lowest BCUT2D eigenvalue weighted by atomic mass is 10.2. The van der Waals surface area contributed by atoms with Gasteiger partial charge in [0, 0.05) is 11.3 Å². The number of benzene rings is 2. The quantitative estimate of drug-likeness (QED) is 0.731. The average Bonchev–Trinajstić information content (AvgIpc) is 2.97. The summed E-state index contributed by atoms with van der Waals surface area (Å²) >= 11 is 0. The van der Waals surface area contributed by atoms with Gasteiger partial charge in [0.15, 0.2) is 5.82 Å². The van der Waals surface area contributed by atoms with E-state index >= 15 is 0 Å². The van der Waals surface area contributed by atoms with Crippen molar-refractivity contribution in [2.45, 2.75) is 0 Å². The van der Waals surface area contributed by atoms with Gasteiger partial charge in [-0.05, 0) is 36.4 Å². The van der Waals surface area contributed by atoms with Crippen molar-refractivity contribution in [3.8, 4) is 23.1 Å². The number of anilines is 1. The average molecular weight is 279 g/mol. The van der Waals surface area contributed by atoms with Crippen LogP contribution in [0.2, 0.25) is 0 Å². The van der Waals surface area contributed by atoms with Crippen LogP contribution >= 0.6 is 0 Å². The normalized spacial score (nSPS) is 10.3. The SMILES string of the molecule is N#Cc1c(F)cccc1-n1cnc(-c2ccc(N)cc2)n1. The summed E-state index contributed by atoms with van der Waals surface area (Å²) < 4.78 is 15.0. The van der Waals surface area contributed by atoms with E-state index in [-0.39, 0.29) is 5.56 Å². The molecule has 0 aliphatic heterocycles. The Morgan fingerprint density at radius 1 is 1.14 bits per heavy atom. The molecule has 102 valence electrons. The molecule has 1 aromatic heterocycles. The Morgan fingerprint density at radius 2 is 1.90 bits per heavy atom. The summed E-state index contributed by atoms with van der Waals surface area (Å²) in [5.74, 6) is -0.109. The van der Waals surface area contributed by atoms with Crippen molar-refractivity contribution in [2.24, 2.45) is 0 Å². The maximum atomic E-state index is 13.6. The van der Waals surface area contributed by atoms with Crippen LogP contribution in [0.3, 0.4) is 0 Å². The first-order valence-corrected chi connectivity index (χ1v) is 6.15. The van der Waals surface area contributed by atoms with Gasteiger partial charge in [-0.1, -0.05) is 6.07 Å². The van der Waals surface area contributed by atoms with E-state index in [0.717, 1.165) is 5.56 Å². The first-order valence-electron chi connectivity index (χ1n) is 6.15. The molecule has 0 aliphatic carbocycles. The van der Waals surface area contributed by atoms with Crippen molar-refractivity contribution in [2.75, 3.05) is 5.73 Å². The monoisotopic (exact) mass is 279 g/mol. The van der Waals surface area contributed by atoms with E-state index in [1.165, 1.54) is 23.1 Å². The second kappa shape index (κ2) is 5.06. The molecule has 2 N–H and O–H groups in total. The Balaban J connectivity index is 2.05. The van der Waals surface area contributed by atoms with Gasteiger partial charge in [-0.2, -0.15) is 5.26 Å². The highest BCUT2D eigenvalue weighted by molar-refractivity contribution is 5.58. The fourth-order valence-corrected chi connectivity index (χ4v) is 1.96. The van der Waals surface area contributed by atoms with Crippen molar-refractivity contribution in [3.63, 3.8) is 0 Å². The standard InChI is InChI=1S/C15H10FN5/c16-13-2-1-3-14(12(13)8-17)21-9-19-15(20-21)10-4-6-11(18)7-5-10/h1-7,9H,18H2. The maximum Gasteiger partial charge on any atom is 0.181 e. The van der Waals surface area contributed by atoms with Gasteiger partial charge in [-0.15, -0.1) is 5.10 Å². The number of halogens is 1. The third-order valence-electron chi connectivity index (χ3n) is 3.01. The summed E-state index contributed by atoms with van der Waals surface area (Å²) in [5.41, 5.74) is 7.36. The molecule has 0 aliphatic rings. The first-order chi connectivity index (χ1) is 10.2. The Kier molecular flexibility index (Phi) is 3.09. The highest BCUT2D eigenvalue weighted by Crippen LogP contribution is 2.20. The zero-order valence-electron chi connectivity index (χ0n) is 10.9. The number of hydrogen-bond acceptors (Lipinski definition) is 4. The van der Waals surface area contributed by atoms with Gasteiger partial charge in [0.05, 0.1) is 5.69 Å². The van der Waals surface area contributed by atoms with Gasteiger partial charge in [-0.25, -0.2) is 14.1 Å². The minimum absolute atomic E-state index is 0.0637. The minimum atomic E-state index is -0.584. The molecule has 0 fully saturated rings. The molecule has 0 atom stereocenters. The zero-order valence-corrected chi connectivity index (χ0v) is 10.9. The fraction of sp³-hybridized carbons (Fsp3) is 0. The lowest BCUT2D eigenvalue weighted by Gasteiger charge is -2.03. The van der Waals surface area contributed by atoms with Crippen LogP contribution in [-0.2, 0) is 0 Å². The molecule has 0 bridgehead atoms. The largest absolute Gasteiger partial charge is 0.399 e. The van der Waals surface area contributed by atoms with Gasteiger partial charge < -0.3 is 5.73 Å². The molecule has 3 rings (SSSR count). The molecular formula is C15H10FN5. The smallest absolute Gasteiger partial charge is 0.181 e. The topological polar surface area (TPSA) is 80.5 Å². The highest BCUT2D eigenvalue weighted by Gasteiger charge is 2.12. The summed E-state index contributed by atoms with van der Waals surface area (Å²) in [6, 6.07) is 13.3.